The monoisotopic (exact) mass is 640 g/mol. The van der Waals surface area contributed by atoms with Crippen molar-refractivity contribution in [2.45, 2.75) is 6.17 Å². The van der Waals surface area contributed by atoms with Gasteiger partial charge in [-0.25, -0.2) is 15.0 Å². The Hall–Kier alpha value is -6.65. The number of hydrogen-bond acceptors (Lipinski definition) is 4. The summed E-state index contributed by atoms with van der Waals surface area (Å²) in [6, 6.07) is 63.4. The van der Waals surface area contributed by atoms with Crippen LogP contribution in [0.1, 0.15) is 22.9 Å². The van der Waals surface area contributed by atoms with Gasteiger partial charge in [0.15, 0.2) is 5.84 Å². The Morgan fingerprint density at radius 2 is 1.02 bits per heavy atom. The molecule has 0 saturated carbocycles. The van der Waals surface area contributed by atoms with E-state index in [4.69, 9.17) is 15.0 Å². The van der Waals surface area contributed by atoms with Gasteiger partial charge in [-0.15, -0.1) is 0 Å². The molecule has 0 amide bonds. The summed E-state index contributed by atoms with van der Waals surface area (Å²) in [4.78, 5) is 15.6. The molecule has 1 atom stereocenters. The molecule has 4 heteroatoms. The van der Waals surface area contributed by atoms with E-state index in [1.165, 1.54) is 22.1 Å². The SMILES string of the molecule is c1ccc(-c2ccc(C3=NC(c4ccccc4)NC(c4ccc5c(c4)nc(-c4ccccc4)c4cccc(-c6ccccc6)c45)=N3)cc2)cc1. The van der Waals surface area contributed by atoms with Crippen molar-refractivity contribution >= 4 is 33.3 Å². The number of fused-ring (bicyclic) bond motifs is 3. The van der Waals surface area contributed by atoms with Gasteiger partial charge in [0.05, 0.1) is 11.2 Å². The molecule has 0 fully saturated rings. The van der Waals surface area contributed by atoms with Gasteiger partial charge in [0.25, 0.3) is 0 Å². The smallest absolute Gasteiger partial charge is 0.159 e. The van der Waals surface area contributed by atoms with E-state index in [2.05, 4.69) is 157 Å². The highest BCUT2D eigenvalue weighted by atomic mass is 15.2. The first kappa shape index (κ1) is 29.5. The van der Waals surface area contributed by atoms with Crippen LogP contribution in [0, 0.1) is 0 Å². The van der Waals surface area contributed by atoms with Crippen LogP contribution in [0.25, 0.3) is 55.2 Å². The van der Waals surface area contributed by atoms with E-state index in [-0.39, 0.29) is 6.17 Å². The molecule has 0 radical (unpaired) electrons. The van der Waals surface area contributed by atoms with E-state index < -0.39 is 0 Å². The zero-order valence-corrected chi connectivity index (χ0v) is 27.2. The van der Waals surface area contributed by atoms with Crippen LogP contribution in [-0.4, -0.2) is 16.7 Å². The number of amidine groups is 2. The third kappa shape index (κ3) is 5.53. The van der Waals surface area contributed by atoms with Gasteiger partial charge in [-0.2, -0.15) is 0 Å². The molecule has 0 spiro atoms. The second kappa shape index (κ2) is 12.8. The molecule has 1 aliphatic rings. The van der Waals surface area contributed by atoms with Gasteiger partial charge < -0.3 is 5.32 Å². The molecule has 7 aromatic carbocycles. The van der Waals surface area contributed by atoms with E-state index in [9.17, 15) is 0 Å². The molecule has 8 aromatic rings. The predicted octanol–water partition coefficient (Wildman–Crippen LogP) is 10.9. The largest absolute Gasteiger partial charge is 0.344 e. The van der Waals surface area contributed by atoms with Crippen LogP contribution in [0.4, 0.5) is 0 Å². The van der Waals surface area contributed by atoms with Crippen LogP contribution < -0.4 is 5.32 Å². The highest BCUT2D eigenvalue weighted by molar-refractivity contribution is 6.19. The number of nitrogens with zero attached hydrogens (tertiary/aromatic N) is 3. The fraction of sp³-hybridized carbons (Fsp3) is 0.0217. The van der Waals surface area contributed by atoms with Crippen LogP contribution in [0.2, 0.25) is 0 Å². The van der Waals surface area contributed by atoms with Crippen molar-refractivity contribution in [3.63, 3.8) is 0 Å². The Balaban J connectivity index is 1.20. The molecule has 236 valence electrons. The molecule has 9 rings (SSSR count). The maximum atomic E-state index is 5.34. The van der Waals surface area contributed by atoms with Crippen LogP contribution in [0.5, 0.6) is 0 Å². The average molecular weight is 641 g/mol. The van der Waals surface area contributed by atoms with Crippen molar-refractivity contribution in [3.8, 4) is 33.5 Å². The first-order chi connectivity index (χ1) is 24.8. The Bertz CT molecular complexity index is 2530. The van der Waals surface area contributed by atoms with E-state index in [1.54, 1.807) is 0 Å². The standard InChI is InChI=1S/C46H32N4/c1-5-14-31(15-6-1)32-24-26-36(27-25-32)45-48-44(35-20-11-4-12-21-35)49-46(50-45)37-28-29-39-41(30-37)47-43(34-18-9-3-10-19-34)40-23-13-22-38(42(39)40)33-16-7-2-8-17-33/h1-30,44H,(H,48,49,50). The summed E-state index contributed by atoms with van der Waals surface area (Å²) >= 11 is 0. The molecular weight excluding hydrogens is 609 g/mol. The second-order valence-electron chi connectivity index (χ2n) is 12.5. The fourth-order valence-corrected chi connectivity index (χ4v) is 6.85. The van der Waals surface area contributed by atoms with Crippen molar-refractivity contribution in [1.29, 1.82) is 0 Å². The lowest BCUT2D eigenvalue weighted by Gasteiger charge is -2.24. The zero-order chi connectivity index (χ0) is 33.3. The average Bonchev–Trinajstić information content (AvgIpc) is 3.21. The van der Waals surface area contributed by atoms with E-state index in [0.717, 1.165) is 55.6 Å². The molecule has 1 aliphatic heterocycles. The minimum atomic E-state index is -0.294. The summed E-state index contributed by atoms with van der Waals surface area (Å²) in [5, 5.41) is 7.06. The number of aliphatic imine (C=N–C) groups is 2. The summed E-state index contributed by atoms with van der Waals surface area (Å²) in [6.45, 7) is 0. The van der Waals surface area contributed by atoms with E-state index in [0.29, 0.717) is 5.84 Å². The molecule has 0 aliphatic carbocycles. The lowest BCUT2D eigenvalue weighted by molar-refractivity contribution is 0.674. The van der Waals surface area contributed by atoms with Gasteiger partial charge in [0.2, 0.25) is 0 Å². The lowest BCUT2D eigenvalue weighted by Crippen LogP contribution is -2.33. The first-order valence-corrected chi connectivity index (χ1v) is 16.9. The molecule has 1 unspecified atom stereocenters. The Labute approximate surface area is 291 Å². The fourth-order valence-electron chi connectivity index (χ4n) is 6.85. The van der Waals surface area contributed by atoms with Crippen LogP contribution in [-0.2, 0) is 0 Å². The lowest BCUT2D eigenvalue weighted by atomic mass is 9.92. The quantitative estimate of drug-likeness (QED) is 0.184. The van der Waals surface area contributed by atoms with E-state index >= 15 is 0 Å². The van der Waals surface area contributed by atoms with Crippen LogP contribution in [0.3, 0.4) is 0 Å². The van der Waals surface area contributed by atoms with Gasteiger partial charge in [-0.05, 0) is 33.9 Å². The normalized spacial score (nSPS) is 14.2. The van der Waals surface area contributed by atoms with Crippen molar-refractivity contribution in [2.24, 2.45) is 9.98 Å². The highest BCUT2D eigenvalue weighted by Gasteiger charge is 2.22. The number of aromatic nitrogens is 1. The molecule has 50 heavy (non-hydrogen) atoms. The molecule has 0 bridgehead atoms. The van der Waals surface area contributed by atoms with Crippen molar-refractivity contribution in [1.82, 2.24) is 10.3 Å². The first-order valence-electron chi connectivity index (χ1n) is 16.9. The molecule has 1 aromatic heterocycles. The Morgan fingerprint density at radius 1 is 0.440 bits per heavy atom. The van der Waals surface area contributed by atoms with Gasteiger partial charge in [-0.3, -0.25) is 0 Å². The topological polar surface area (TPSA) is 49.6 Å². The van der Waals surface area contributed by atoms with Crippen molar-refractivity contribution in [2.75, 3.05) is 0 Å². The minimum Gasteiger partial charge on any atom is -0.344 e. The highest BCUT2D eigenvalue weighted by Crippen LogP contribution is 2.39. The van der Waals surface area contributed by atoms with Gasteiger partial charge in [0.1, 0.15) is 12.0 Å². The van der Waals surface area contributed by atoms with Gasteiger partial charge in [-0.1, -0.05) is 176 Å². The molecule has 0 saturated heterocycles. The number of nitrogens with one attached hydrogen (secondary N) is 1. The Morgan fingerprint density at radius 3 is 1.72 bits per heavy atom. The van der Waals surface area contributed by atoms with Crippen LogP contribution >= 0.6 is 0 Å². The number of pyridine rings is 1. The van der Waals surface area contributed by atoms with Gasteiger partial charge in [0, 0.05) is 32.8 Å². The van der Waals surface area contributed by atoms with Crippen molar-refractivity contribution < 1.29 is 0 Å². The molecule has 2 heterocycles. The number of rotatable bonds is 6. The maximum absolute atomic E-state index is 5.34. The second-order valence-corrected chi connectivity index (χ2v) is 12.5. The van der Waals surface area contributed by atoms with Crippen LogP contribution in [0.15, 0.2) is 192 Å². The summed E-state index contributed by atoms with van der Waals surface area (Å²) in [5.41, 5.74) is 10.6. The Kier molecular flexibility index (Phi) is 7.52. The predicted molar refractivity (Wildman–Crippen MR) is 207 cm³/mol. The number of benzene rings is 7. The minimum absolute atomic E-state index is 0.294. The third-order valence-electron chi connectivity index (χ3n) is 9.33. The van der Waals surface area contributed by atoms with Gasteiger partial charge >= 0.3 is 0 Å². The maximum Gasteiger partial charge on any atom is 0.159 e. The molecule has 1 N–H and O–H groups in total. The zero-order valence-electron chi connectivity index (χ0n) is 27.2. The summed E-state index contributed by atoms with van der Waals surface area (Å²) in [7, 11) is 0. The molecule has 4 nitrogen and oxygen atoms in total. The summed E-state index contributed by atoms with van der Waals surface area (Å²) < 4.78 is 0. The van der Waals surface area contributed by atoms with E-state index in [1.807, 2.05) is 30.3 Å². The third-order valence-corrected chi connectivity index (χ3v) is 9.33. The summed E-state index contributed by atoms with van der Waals surface area (Å²) in [5.74, 6) is 1.45. The summed E-state index contributed by atoms with van der Waals surface area (Å²) in [6.07, 6.45) is -0.294. The molecular formula is C46H32N4. The number of hydrogen-bond donors (Lipinski definition) is 1. The van der Waals surface area contributed by atoms with Crippen molar-refractivity contribution in [3.05, 3.63) is 199 Å².